The molecule has 3 aromatic rings. The highest BCUT2D eigenvalue weighted by Gasteiger charge is 2.30. The average Bonchev–Trinajstić information content (AvgIpc) is 3.05. The van der Waals surface area contributed by atoms with Crippen LogP contribution in [0.4, 0.5) is 19.0 Å². The molecule has 0 aliphatic rings. The van der Waals surface area contributed by atoms with Gasteiger partial charge in [-0.25, -0.2) is 9.97 Å². The van der Waals surface area contributed by atoms with Gasteiger partial charge in [0.25, 0.3) is 0 Å². The number of aromatic nitrogens is 2. The first-order valence-corrected chi connectivity index (χ1v) is 8.16. The Labute approximate surface area is 145 Å². The minimum atomic E-state index is -4.37. The topological polar surface area (TPSA) is 37.8 Å². The number of rotatable bonds is 4. The van der Waals surface area contributed by atoms with Crippen molar-refractivity contribution in [2.45, 2.75) is 12.7 Å². The lowest BCUT2D eigenvalue weighted by molar-refractivity contribution is -0.137. The van der Waals surface area contributed by atoms with Crippen molar-refractivity contribution in [2.24, 2.45) is 0 Å². The van der Waals surface area contributed by atoms with Crippen LogP contribution in [0, 0.1) is 0 Å². The molecule has 0 bridgehead atoms. The SMILES string of the molecule is FC(F)(F)c1ccc(-c2nc(Cl)cc(NCc3cccs3)n2)cc1. The van der Waals surface area contributed by atoms with Crippen molar-refractivity contribution >= 4 is 28.8 Å². The van der Waals surface area contributed by atoms with E-state index in [1.807, 2.05) is 17.5 Å². The Balaban J connectivity index is 1.82. The monoisotopic (exact) mass is 369 g/mol. The number of hydrogen-bond donors (Lipinski definition) is 1. The molecule has 3 nitrogen and oxygen atoms in total. The Hall–Kier alpha value is -2.12. The van der Waals surface area contributed by atoms with E-state index < -0.39 is 11.7 Å². The quantitative estimate of drug-likeness (QED) is 0.618. The van der Waals surface area contributed by atoms with Crippen LogP contribution in [-0.4, -0.2) is 9.97 Å². The maximum atomic E-state index is 12.6. The summed E-state index contributed by atoms with van der Waals surface area (Å²) in [4.78, 5) is 9.51. The minimum Gasteiger partial charge on any atom is -0.365 e. The molecule has 0 saturated heterocycles. The van der Waals surface area contributed by atoms with Crippen molar-refractivity contribution in [1.82, 2.24) is 9.97 Å². The van der Waals surface area contributed by atoms with Gasteiger partial charge in [0.15, 0.2) is 5.82 Å². The number of thiophene rings is 1. The lowest BCUT2D eigenvalue weighted by Gasteiger charge is -2.09. The van der Waals surface area contributed by atoms with Crippen LogP contribution < -0.4 is 5.32 Å². The number of alkyl halides is 3. The molecule has 0 atom stereocenters. The number of hydrogen-bond acceptors (Lipinski definition) is 4. The second-order valence-electron chi connectivity index (χ2n) is 4.91. The molecule has 1 N–H and O–H groups in total. The summed E-state index contributed by atoms with van der Waals surface area (Å²) in [5.41, 5.74) is -0.256. The first kappa shape index (κ1) is 16.7. The summed E-state index contributed by atoms with van der Waals surface area (Å²) in [6, 6.07) is 10.2. The van der Waals surface area contributed by atoms with E-state index in [-0.39, 0.29) is 11.0 Å². The average molecular weight is 370 g/mol. The summed E-state index contributed by atoms with van der Waals surface area (Å²) in [7, 11) is 0. The van der Waals surface area contributed by atoms with Crippen LogP contribution in [0.25, 0.3) is 11.4 Å². The maximum absolute atomic E-state index is 12.6. The molecule has 124 valence electrons. The van der Waals surface area contributed by atoms with E-state index in [1.165, 1.54) is 12.1 Å². The summed E-state index contributed by atoms with van der Waals surface area (Å²) >= 11 is 7.60. The van der Waals surface area contributed by atoms with Gasteiger partial charge in [-0.15, -0.1) is 11.3 Å². The molecule has 1 aromatic carbocycles. The highest BCUT2D eigenvalue weighted by molar-refractivity contribution is 7.09. The van der Waals surface area contributed by atoms with Crippen molar-refractivity contribution in [2.75, 3.05) is 5.32 Å². The molecular weight excluding hydrogens is 359 g/mol. The number of nitrogens with zero attached hydrogens (tertiary/aromatic N) is 2. The summed E-state index contributed by atoms with van der Waals surface area (Å²) in [5, 5.41) is 5.31. The lowest BCUT2D eigenvalue weighted by atomic mass is 10.1. The predicted octanol–water partition coefficient (Wildman–Crippen LogP) is 5.49. The van der Waals surface area contributed by atoms with Crippen molar-refractivity contribution in [3.8, 4) is 11.4 Å². The van der Waals surface area contributed by atoms with Crippen molar-refractivity contribution in [3.63, 3.8) is 0 Å². The van der Waals surface area contributed by atoms with Crippen molar-refractivity contribution in [3.05, 3.63) is 63.4 Å². The van der Waals surface area contributed by atoms with E-state index >= 15 is 0 Å². The van der Waals surface area contributed by atoms with Gasteiger partial charge in [-0.1, -0.05) is 29.8 Å². The third kappa shape index (κ3) is 4.04. The van der Waals surface area contributed by atoms with Gasteiger partial charge in [0.05, 0.1) is 12.1 Å². The van der Waals surface area contributed by atoms with E-state index in [2.05, 4.69) is 15.3 Å². The van der Waals surface area contributed by atoms with Gasteiger partial charge in [0.2, 0.25) is 0 Å². The van der Waals surface area contributed by atoms with Crippen LogP contribution in [0.1, 0.15) is 10.4 Å². The zero-order valence-electron chi connectivity index (χ0n) is 12.1. The molecule has 0 aliphatic heterocycles. The molecule has 8 heteroatoms. The van der Waals surface area contributed by atoms with Crippen LogP contribution in [0.2, 0.25) is 5.15 Å². The van der Waals surface area contributed by atoms with Gasteiger partial charge in [-0.2, -0.15) is 13.2 Å². The van der Waals surface area contributed by atoms with Crippen LogP contribution in [0.5, 0.6) is 0 Å². The summed E-state index contributed by atoms with van der Waals surface area (Å²) < 4.78 is 37.9. The van der Waals surface area contributed by atoms with Crippen molar-refractivity contribution < 1.29 is 13.2 Å². The smallest absolute Gasteiger partial charge is 0.365 e. The largest absolute Gasteiger partial charge is 0.416 e. The van der Waals surface area contributed by atoms with E-state index in [0.717, 1.165) is 17.0 Å². The number of halogens is 4. The van der Waals surface area contributed by atoms with Crippen LogP contribution in [-0.2, 0) is 12.7 Å². The zero-order valence-corrected chi connectivity index (χ0v) is 13.7. The Bertz CT molecular complexity index is 818. The fourth-order valence-corrected chi connectivity index (χ4v) is 2.86. The lowest BCUT2D eigenvalue weighted by Crippen LogP contribution is -2.05. The van der Waals surface area contributed by atoms with E-state index in [1.54, 1.807) is 17.4 Å². The van der Waals surface area contributed by atoms with Gasteiger partial charge < -0.3 is 5.32 Å². The standard InChI is InChI=1S/C16H11ClF3N3S/c17-13-8-14(21-9-12-2-1-7-24-12)23-15(22-13)10-3-5-11(6-4-10)16(18,19)20/h1-8H,9H2,(H,21,22,23). The first-order valence-electron chi connectivity index (χ1n) is 6.90. The van der Waals surface area contributed by atoms with E-state index in [4.69, 9.17) is 11.6 Å². The second kappa shape index (κ2) is 6.78. The van der Waals surface area contributed by atoms with Gasteiger partial charge in [-0.3, -0.25) is 0 Å². The van der Waals surface area contributed by atoms with Crippen LogP contribution in [0.15, 0.2) is 47.8 Å². The molecule has 0 amide bonds. The highest BCUT2D eigenvalue weighted by atomic mass is 35.5. The molecule has 3 rings (SSSR count). The van der Waals surface area contributed by atoms with Crippen molar-refractivity contribution in [1.29, 1.82) is 0 Å². The molecule has 0 spiro atoms. The fraction of sp³-hybridized carbons (Fsp3) is 0.125. The van der Waals surface area contributed by atoms with Crippen LogP contribution >= 0.6 is 22.9 Å². The van der Waals surface area contributed by atoms with Gasteiger partial charge in [0, 0.05) is 16.5 Å². The Morgan fingerprint density at radius 1 is 1.08 bits per heavy atom. The molecule has 2 heterocycles. The molecule has 0 saturated carbocycles. The predicted molar refractivity (Wildman–Crippen MR) is 89.1 cm³/mol. The summed E-state index contributed by atoms with van der Waals surface area (Å²) in [6.45, 7) is 0.581. The molecule has 0 unspecified atom stereocenters. The normalized spacial score (nSPS) is 11.5. The second-order valence-corrected chi connectivity index (χ2v) is 6.33. The Kier molecular flexibility index (Phi) is 4.73. The molecule has 24 heavy (non-hydrogen) atoms. The molecule has 2 aromatic heterocycles. The van der Waals surface area contributed by atoms with E-state index in [0.29, 0.717) is 17.9 Å². The highest BCUT2D eigenvalue weighted by Crippen LogP contribution is 2.30. The Morgan fingerprint density at radius 3 is 2.46 bits per heavy atom. The number of anilines is 1. The fourth-order valence-electron chi connectivity index (χ4n) is 2.04. The first-order chi connectivity index (χ1) is 11.4. The molecular formula is C16H11ClF3N3S. The summed E-state index contributed by atoms with van der Waals surface area (Å²) in [5.74, 6) is 0.781. The van der Waals surface area contributed by atoms with Gasteiger partial charge >= 0.3 is 6.18 Å². The third-order valence-corrected chi connectivity index (χ3v) is 4.26. The third-order valence-electron chi connectivity index (χ3n) is 3.19. The number of benzene rings is 1. The summed E-state index contributed by atoms with van der Waals surface area (Å²) in [6.07, 6.45) is -4.37. The maximum Gasteiger partial charge on any atom is 0.416 e. The van der Waals surface area contributed by atoms with Gasteiger partial charge in [-0.05, 0) is 23.6 Å². The molecule has 0 aliphatic carbocycles. The minimum absolute atomic E-state index is 0.216. The van der Waals surface area contributed by atoms with Gasteiger partial charge in [0.1, 0.15) is 11.0 Å². The molecule has 0 fully saturated rings. The van der Waals surface area contributed by atoms with Crippen LogP contribution in [0.3, 0.4) is 0 Å². The number of nitrogens with one attached hydrogen (secondary N) is 1. The van der Waals surface area contributed by atoms with E-state index in [9.17, 15) is 13.2 Å². The Morgan fingerprint density at radius 2 is 1.83 bits per heavy atom. The molecule has 0 radical (unpaired) electrons. The zero-order chi connectivity index (χ0) is 17.2.